The summed E-state index contributed by atoms with van der Waals surface area (Å²) in [6, 6.07) is 12.7. The lowest BCUT2D eigenvalue weighted by Crippen LogP contribution is -2.44. The van der Waals surface area contributed by atoms with Crippen LogP contribution in [0.2, 0.25) is 0 Å². The molecular weight excluding hydrogens is 616 g/mol. The summed E-state index contributed by atoms with van der Waals surface area (Å²) in [7, 11) is 1.24. The monoisotopic (exact) mass is 654 g/mol. The van der Waals surface area contributed by atoms with E-state index in [1.807, 2.05) is 31.4 Å². The second-order valence-electron chi connectivity index (χ2n) is 12.3. The number of nitrogens with one attached hydrogen (secondary N) is 2. The van der Waals surface area contributed by atoms with Crippen LogP contribution < -0.4 is 21.1 Å². The molecule has 1 aliphatic heterocycles. The highest BCUT2D eigenvalue weighted by molar-refractivity contribution is 7.13. The number of esters is 1. The van der Waals surface area contributed by atoms with Gasteiger partial charge in [0, 0.05) is 57.7 Å². The third-order valence-electron chi connectivity index (χ3n) is 9.22. The molecular formula is C36H38N4O6S. The van der Waals surface area contributed by atoms with Crippen LogP contribution in [0.3, 0.4) is 0 Å². The van der Waals surface area contributed by atoms with E-state index >= 15 is 0 Å². The van der Waals surface area contributed by atoms with Crippen LogP contribution in [0.15, 0.2) is 47.8 Å². The van der Waals surface area contributed by atoms with Gasteiger partial charge in [-0.25, -0.2) is 9.78 Å². The fraction of sp³-hybridized carbons (Fsp3) is 0.333. The summed E-state index contributed by atoms with van der Waals surface area (Å²) in [4.78, 5) is 46.1. The smallest absolute Gasteiger partial charge is 0.357 e. The number of nitrogens with zero attached hydrogens (tertiary/aromatic N) is 1. The third kappa shape index (κ3) is 6.26. The van der Waals surface area contributed by atoms with Crippen LogP contribution in [0.1, 0.15) is 72.9 Å². The Hall–Kier alpha value is -4.58. The Morgan fingerprint density at radius 2 is 1.81 bits per heavy atom. The molecule has 0 atom stereocenters. The predicted molar refractivity (Wildman–Crippen MR) is 181 cm³/mol. The number of pyridine rings is 1. The average Bonchev–Trinajstić information content (AvgIpc) is 3.46. The quantitative estimate of drug-likeness (QED) is 0.175. The molecule has 1 saturated carbocycles. The number of thiophene rings is 1. The molecule has 6 rings (SSSR count). The van der Waals surface area contributed by atoms with Crippen molar-refractivity contribution in [1.82, 2.24) is 10.3 Å². The summed E-state index contributed by atoms with van der Waals surface area (Å²) in [5.41, 5.74) is 11.8. The molecule has 244 valence electrons. The molecule has 0 saturated heterocycles. The topological polar surface area (TPSA) is 153 Å². The summed E-state index contributed by atoms with van der Waals surface area (Å²) in [6.45, 7) is 4.96. The molecule has 3 heterocycles. The Balaban J connectivity index is 1.45. The van der Waals surface area contributed by atoms with Gasteiger partial charge in [0.1, 0.15) is 11.4 Å². The summed E-state index contributed by atoms with van der Waals surface area (Å²) >= 11 is 1.58. The summed E-state index contributed by atoms with van der Waals surface area (Å²) < 4.78 is 11.3. The lowest BCUT2D eigenvalue weighted by atomic mass is 9.69. The van der Waals surface area contributed by atoms with Gasteiger partial charge in [-0.2, -0.15) is 0 Å². The number of hydrogen-bond donors (Lipinski definition) is 4. The maximum absolute atomic E-state index is 14.3. The highest BCUT2D eigenvalue weighted by Crippen LogP contribution is 2.44. The van der Waals surface area contributed by atoms with E-state index in [4.69, 9.17) is 15.2 Å². The normalized spacial score (nSPS) is 14.5. The highest BCUT2D eigenvalue weighted by atomic mass is 32.1. The van der Waals surface area contributed by atoms with Crippen LogP contribution in [0.4, 0.5) is 5.69 Å². The lowest BCUT2D eigenvalue weighted by Gasteiger charge is -2.40. The molecule has 0 radical (unpaired) electrons. The van der Waals surface area contributed by atoms with E-state index in [0.717, 1.165) is 52.0 Å². The van der Waals surface area contributed by atoms with Crippen molar-refractivity contribution in [3.63, 3.8) is 0 Å². The van der Waals surface area contributed by atoms with E-state index < -0.39 is 11.9 Å². The number of fused-ring (bicyclic) bond motifs is 3. The minimum absolute atomic E-state index is 0.0124. The van der Waals surface area contributed by atoms with Gasteiger partial charge in [-0.15, -0.1) is 11.3 Å². The molecule has 0 bridgehead atoms. The van der Waals surface area contributed by atoms with Gasteiger partial charge in [0.25, 0.3) is 11.8 Å². The van der Waals surface area contributed by atoms with Crippen LogP contribution in [0.5, 0.6) is 5.75 Å². The van der Waals surface area contributed by atoms with Crippen molar-refractivity contribution in [1.29, 1.82) is 0 Å². The first-order valence-electron chi connectivity index (χ1n) is 15.6. The third-order valence-corrected chi connectivity index (χ3v) is 10.2. The molecule has 10 nitrogen and oxygen atoms in total. The highest BCUT2D eigenvalue weighted by Gasteiger charge is 2.37. The van der Waals surface area contributed by atoms with Gasteiger partial charge in [-0.05, 0) is 84.7 Å². The van der Waals surface area contributed by atoms with E-state index in [9.17, 15) is 19.5 Å². The maximum Gasteiger partial charge on any atom is 0.357 e. The van der Waals surface area contributed by atoms with Crippen molar-refractivity contribution in [3.8, 4) is 27.3 Å². The lowest BCUT2D eigenvalue weighted by molar-refractivity contribution is 0.0428. The molecule has 4 aromatic rings. The first kappa shape index (κ1) is 32.4. The van der Waals surface area contributed by atoms with E-state index in [1.54, 1.807) is 29.5 Å². The number of amides is 2. The Labute approximate surface area is 277 Å². The molecule has 0 spiro atoms. The molecule has 47 heavy (non-hydrogen) atoms. The van der Waals surface area contributed by atoms with E-state index in [-0.39, 0.29) is 29.3 Å². The molecule has 1 aliphatic carbocycles. The number of rotatable bonds is 9. The minimum atomic E-state index is -0.757. The first-order chi connectivity index (χ1) is 22.7. The Morgan fingerprint density at radius 3 is 2.47 bits per heavy atom. The zero-order chi connectivity index (χ0) is 33.3. The van der Waals surface area contributed by atoms with Crippen molar-refractivity contribution < 1.29 is 29.0 Å². The van der Waals surface area contributed by atoms with Crippen molar-refractivity contribution in [2.75, 3.05) is 32.2 Å². The van der Waals surface area contributed by atoms with Crippen LogP contribution >= 0.6 is 11.3 Å². The summed E-state index contributed by atoms with van der Waals surface area (Å²) in [5, 5.41) is 17.8. The van der Waals surface area contributed by atoms with Crippen molar-refractivity contribution in [2.24, 2.45) is 11.1 Å². The number of ether oxygens (including phenoxy) is 2. The Morgan fingerprint density at radius 1 is 1.04 bits per heavy atom. The largest absolute Gasteiger partial charge is 0.493 e. The predicted octanol–water partition coefficient (Wildman–Crippen LogP) is 5.42. The fourth-order valence-electron chi connectivity index (χ4n) is 6.36. The van der Waals surface area contributed by atoms with E-state index in [0.29, 0.717) is 54.2 Å². The van der Waals surface area contributed by atoms with Crippen LogP contribution in [-0.4, -0.2) is 54.7 Å². The second kappa shape index (κ2) is 13.3. The van der Waals surface area contributed by atoms with Gasteiger partial charge in [0.15, 0.2) is 5.69 Å². The number of methoxy groups -OCH3 is 1. The number of anilines is 1. The Kier molecular flexibility index (Phi) is 9.14. The molecule has 1 fully saturated rings. The molecule has 2 aromatic carbocycles. The number of hydrogen-bond acceptors (Lipinski definition) is 9. The van der Waals surface area contributed by atoms with Gasteiger partial charge in [-0.3, -0.25) is 9.59 Å². The Bertz CT molecular complexity index is 1850. The number of aromatic nitrogens is 1. The number of benzene rings is 2. The average molecular weight is 655 g/mol. The summed E-state index contributed by atoms with van der Waals surface area (Å²) in [5.74, 6) is -1.04. The fourth-order valence-corrected chi connectivity index (χ4v) is 7.33. The van der Waals surface area contributed by atoms with Gasteiger partial charge in [0.2, 0.25) is 0 Å². The number of aliphatic hydroxyl groups excluding tert-OH is 1. The molecule has 2 aliphatic rings. The van der Waals surface area contributed by atoms with Crippen LogP contribution in [-0.2, 0) is 17.7 Å². The van der Waals surface area contributed by atoms with Gasteiger partial charge in [0.05, 0.1) is 20.3 Å². The van der Waals surface area contributed by atoms with E-state index in [2.05, 4.69) is 21.7 Å². The SMILES string of the molecule is COC(=O)c1nc(C(=O)NCC2(CO)CCC2)ccc1-c1cc2c(cc1C(=O)Nc1c(C)cc(CN)cc1C)-c1sccc1CCO2. The first-order valence-corrected chi connectivity index (χ1v) is 16.5. The van der Waals surface area contributed by atoms with Crippen molar-refractivity contribution in [2.45, 2.75) is 46.1 Å². The molecule has 2 aromatic heterocycles. The molecule has 11 heteroatoms. The number of aryl methyl sites for hydroxylation is 2. The number of carbonyl (C=O) groups is 3. The van der Waals surface area contributed by atoms with Gasteiger partial charge in [-0.1, -0.05) is 18.6 Å². The standard InChI is InChI=1S/C36H38N4O6S/c1-20-13-22(17-37)14-21(2)30(20)40-33(42)26-15-27-29(46-11-7-23-8-12-47-32(23)27)16-25(26)24-5-6-28(39-31(24)35(44)45-3)34(43)38-18-36(19-41)9-4-10-36/h5-6,8,12-16,41H,4,7,9-11,17-19,37H2,1-3H3,(H,38,43)(H,40,42). The molecule has 2 amide bonds. The maximum atomic E-state index is 14.3. The van der Waals surface area contributed by atoms with Crippen LogP contribution in [0, 0.1) is 19.3 Å². The number of aliphatic hydroxyl groups is 1. The zero-order valence-corrected chi connectivity index (χ0v) is 27.5. The number of nitrogens with two attached hydrogens (primary N) is 1. The van der Waals surface area contributed by atoms with Crippen LogP contribution in [0.25, 0.3) is 21.6 Å². The van der Waals surface area contributed by atoms with Gasteiger partial charge >= 0.3 is 5.97 Å². The molecule has 5 N–H and O–H groups in total. The zero-order valence-electron chi connectivity index (χ0n) is 26.7. The van der Waals surface area contributed by atoms with Crippen molar-refractivity contribution >= 4 is 34.8 Å². The van der Waals surface area contributed by atoms with E-state index in [1.165, 1.54) is 13.2 Å². The minimum Gasteiger partial charge on any atom is -0.493 e. The number of carbonyl (C=O) groups excluding carboxylic acids is 3. The van der Waals surface area contributed by atoms with Crippen molar-refractivity contribution in [3.05, 3.63) is 87.0 Å². The summed E-state index contributed by atoms with van der Waals surface area (Å²) in [6.07, 6.45) is 3.38. The van der Waals surface area contributed by atoms with Gasteiger partial charge < -0.3 is 30.9 Å². The molecule has 0 unspecified atom stereocenters. The second-order valence-corrected chi connectivity index (χ2v) is 13.2.